The number of carbonyl (C=O) groups excluding carboxylic acids is 1. The molecule has 2 aromatic heterocycles. The molecular weight excluding hydrogens is 318 g/mol. The van der Waals surface area contributed by atoms with E-state index in [9.17, 15) is 4.79 Å². The number of hydrogen-bond donors (Lipinski definition) is 2. The van der Waals surface area contributed by atoms with Crippen molar-refractivity contribution >= 4 is 23.2 Å². The maximum Gasteiger partial charge on any atom is 0.338 e. The normalized spacial score (nSPS) is 10.3. The predicted molar refractivity (Wildman–Crippen MR) is 95.5 cm³/mol. The highest BCUT2D eigenvalue weighted by atomic mass is 16.5. The first-order chi connectivity index (χ1) is 12.1. The smallest absolute Gasteiger partial charge is 0.338 e. The summed E-state index contributed by atoms with van der Waals surface area (Å²) < 4.78 is 10.3. The largest absolute Gasteiger partial charge is 0.465 e. The number of rotatable bonds is 5. The summed E-state index contributed by atoms with van der Waals surface area (Å²) >= 11 is 0. The van der Waals surface area contributed by atoms with Crippen LogP contribution in [0.1, 0.15) is 22.8 Å². The first-order valence-corrected chi connectivity index (χ1v) is 7.65. The van der Waals surface area contributed by atoms with E-state index in [2.05, 4.69) is 10.3 Å². The van der Waals surface area contributed by atoms with Crippen LogP contribution in [0.5, 0.6) is 0 Å². The molecule has 2 N–H and O–H groups in total. The van der Waals surface area contributed by atoms with Crippen molar-refractivity contribution in [3.05, 3.63) is 65.9 Å². The van der Waals surface area contributed by atoms with Gasteiger partial charge in [-0.15, -0.1) is 0 Å². The van der Waals surface area contributed by atoms with E-state index in [-0.39, 0.29) is 11.3 Å². The number of aromatic nitrogens is 1. The van der Waals surface area contributed by atoms with Gasteiger partial charge in [0, 0.05) is 11.4 Å². The van der Waals surface area contributed by atoms with E-state index in [4.69, 9.17) is 14.6 Å². The Morgan fingerprint density at radius 2 is 1.96 bits per heavy atom. The average Bonchev–Trinajstić information content (AvgIpc) is 3.15. The van der Waals surface area contributed by atoms with Gasteiger partial charge in [-0.3, -0.25) is 0 Å². The second-order valence-corrected chi connectivity index (χ2v) is 5.36. The lowest BCUT2D eigenvalue weighted by molar-refractivity contribution is 0.0600. The van der Waals surface area contributed by atoms with Crippen molar-refractivity contribution < 1.29 is 13.9 Å². The van der Waals surface area contributed by atoms with Crippen LogP contribution in [0.25, 0.3) is 11.5 Å². The minimum atomic E-state index is -0.534. The summed E-state index contributed by atoms with van der Waals surface area (Å²) in [6.45, 7) is 1.60. The topological polar surface area (TPSA) is 88.2 Å². The van der Waals surface area contributed by atoms with E-state index in [1.54, 1.807) is 25.1 Å². The molecule has 0 aliphatic rings. The van der Waals surface area contributed by atoms with Gasteiger partial charge in [-0.1, -0.05) is 18.2 Å². The summed E-state index contributed by atoms with van der Waals surface area (Å²) in [5.74, 6) is 0.386. The summed E-state index contributed by atoms with van der Waals surface area (Å²) in [6, 6.07) is 14.5. The summed E-state index contributed by atoms with van der Waals surface area (Å²) in [4.78, 5) is 16.8. The first kappa shape index (κ1) is 16.4. The molecule has 0 atom stereocenters. The highest BCUT2D eigenvalue weighted by Crippen LogP contribution is 2.29. The lowest BCUT2D eigenvalue weighted by atomic mass is 10.0. The summed E-state index contributed by atoms with van der Waals surface area (Å²) in [5, 5.41) is 11.3. The highest BCUT2D eigenvalue weighted by molar-refractivity contribution is 6.10. The second kappa shape index (κ2) is 7.00. The molecule has 0 amide bonds. The molecule has 126 valence electrons. The molecular formula is C19H17N3O3. The zero-order valence-corrected chi connectivity index (χ0v) is 13.9. The predicted octanol–water partition coefficient (Wildman–Crippen LogP) is 4.26. The molecule has 3 aromatic rings. The van der Waals surface area contributed by atoms with Crippen LogP contribution in [0.2, 0.25) is 0 Å². The van der Waals surface area contributed by atoms with Crippen molar-refractivity contribution in [3.63, 3.8) is 0 Å². The Kier molecular flexibility index (Phi) is 4.61. The molecule has 25 heavy (non-hydrogen) atoms. The third kappa shape index (κ3) is 3.42. The molecule has 0 aliphatic carbocycles. The van der Waals surface area contributed by atoms with Crippen LogP contribution < -0.4 is 5.32 Å². The number of para-hydroxylation sites is 1. The van der Waals surface area contributed by atoms with Gasteiger partial charge >= 0.3 is 5.97 Å². The van der Waals surface area contributed by atoms with Gasteiger partial charge in [0.15, 0.2) is 5.76 Å². The van der Waals surface area contributed by atoms with Gasteiger partial charge in [0.25, 0.3) is 0 Å². The van der Waals surface area contributed by atoms with Gasteiger partial charge in [-0.2, -0.15) is 0 Å². The lowest BCUT2D eigenvalue weighted by Crippen LogP contribution is -2.13. The van der Waals surface area contributed by atoms with Crippen LogP contribution in [0.3, 0.4) is 0 Å². The van der Waals surface area contributed by atoms with E-state index in [1.165, 1.54) is 13.4 Å². The zero-order valence-electron chi connectivity index (χ0n) is 13.9. The molecule has 6 nitrogen and oxygen atoms in total. The molecule has 3 rings (SSSR count). The Labute approximate surface area is 145 Å². The Bertz CT molecular complexity index is 903. The van der Waals surface area contributed by atoms with Gasteiger partial charge in [0.05, 0.1) is 24.5 Å². The van der Waals surface area contributed by atoms with Crippen LogP contribution in [-0.4, -0.2) is 23.8 Å². The lowest BCUT2D eigenvalue weighted by Gasteiger charge is -2.15. The molecule has 6 heteroatoms. The number of furan rings is 1. The second-order valence-electron chi connectivity index (χ2n) is 5.36. The van der Waals surface area contributed by atoms with Crippen LogP contribution in [0, 0.1) is 5.41 Å². The molecule has 2 heterocycles. The minimum Gasteiger partial charge on any atom is -0.465 e. The van der Waals surface area contributed by atoms with Gasteiger partial charge < -0.3 is 19.9 Å². The van der Waals surface area contributed by atoms with Crippen molar-refractivity contribution in [2.24, 2.45) is 0 Å². The number of carbonyl (C=O) groups is 1. The van der Waals surface area contributed by atoms with Crippen molar-refractivity contribution in [1.82, 2.24) is 4.98 Å². The van der Waals surface area contributed by atoms with Gasteiger partial charge in [-0.05, 0) is 37.3 Å². The molecule has 1 aromatic carbocycles. The SMILES string of the molecule is COC(=O)c1cc(-c2ccco2)nc(Nc2ccccc2)c1C(C)=N. The van der Waals surface area contributed by atoms with Crippen molar-refractivity contribution in [1.29, 1.82) is 5.41 Å². The van der Waals surface area contributed by atoms with Crippen LogP contribution in [0.4, 0.5) is 11.5 Å². The van der Waals surface area contributed by atoms with E-state index >= 15 is 0 Å². The number of anilines is 2. The maximum absolute atomic E-state index is 12.3. The fourth-order valence-electron chi connectivity index (χ4n) is 2.49. The molecule has 0 fully saturated rings. The number of methoxy groups -OCH3 is 1. The number of benzene rings is 1. The summed E-state index contributed by atoms with van der Waals surface area (Å²) in [5.41, 5.74) is 2.14. The van der Waals surface area contributed by atoms with Crippen molar-refractivity contribution in [2.75, 3.05) is 12.4 Å². The molecule has 0 aliphatic heterocycles. The number of esters is 1. The molecule has 0 spiro atoms. The van der Waals surface area contributed by atoms with Gasteiger partial charge in [-0.25, -0.2) is 9.78 Å². The minimum absolute atomic E-state index is 0.206. The quantitative estimate of drug-likeness (QED) is 0.537. The Morgan fingerprint density at radius 1 is 1.20 bits per heavy atom. The molecule has 0 bridgehead atoms. The van der Waals surface area contributed by atoms with Crippen molar-refractivity contribution in [3.8, 4) is 11.5 Å². The molecule has 0 radical (unpaired) electrons. The third-order valence-corrected chi connectivity index (χ3v) is 3.61. The number of ether oxygens (including phenoxy) is 1. The standard InChI is InChI=1S/C19H17N3O3/c1-12(20)17-14(19(23)24-2)11-15(16-9-6-10-25-16)22-18(17)21-13-7-4-3-5-8-13/h3-11,20H,1-2H3,(H,21,22). The first-order valence-electron chi connectivity index (χ1n) is 7.65. The molecule has 0 saturated heterocycles. The fraction of sp³-hybridized carbons (Fsp3) is 0.105. The Hall–Kier alpha value is -3.41. The van der Waals surface area contributed by atoms with E-state index in [1.807, 2.05) is 30.3 Å². The van der Waals surface area contributed by atoms with Crippen LogP contribution in [-0.2, 0) is 4.74 Å². The average molecular weight is 335 g/mol. The highest BCUT2D eigenvalue weighted by Gasteiger charge is 2.22. The van der Waals surface area contributed by atoms with Gasteiger partial charge in [0.2, 0.25) is 0 Å². The van der Waals surface area contributed by atoms with Crippen LogP contribution >= 0.6 is 0 Å². The fourth-order valence-corrected chi connectivity index (χ4v) is 2.49. The Balaban J connectivity index is 2.20. The molecule has 0 unspecified atom stereocenters. The zero-order chi connectivity index (χ0) is 17.8. The molecule has 0 saturated carbocycles. The number of nitrogens with one attached hydrogen (secondary N) is 2. The summed E-state index contributed by atoms with van der Waals surface area (Å²) in [6.07, 6.45) is 1.54. The summed E-state index contributed by atoms with van der Waals surface area (Å²) in [7, 11) is 1.31. The Morgan fingerprint density at radius 3 is 2.56 bits per heavy atom. The number of hydrogen-bond acceptors (Lipinski definition) is 6. The maximum atomic E-state index is 12.3. The van der Waals surface area contributed by atoms with Gasteiger partial charge in [0.1, 0.15) is 11.5 Å². The van der Waals surface area contributed by atoms with Crippen molar-refractivity contribution in [2.45, 2.75) is 6.92 Å². The van der Waals surface area contributed by atoms with E-state index < -0.39 is 5.97 Å². The monoisotopic (exact) mass is 335 g/mol. The number of nitrogens with zero attached hydrogens (tertiary/aromatic N) is 1. The third-order valence-electron chi connectivity index (χ3n) is 3.61. The van der Waals surface area contributed by atoms with E-state index in [0.29, 0.717) is 22.8 Å². The van der Waals surface area contributed by atoms with Crippen LogP contribution in [0.15, 0.2) is 59.2 Å². The van der Waals surface area contributed by atoms with E-state index in [0.717, 1.165) is 5.69 Å². The number of pyridine rings is 1.